The van der Waals surface area contributed by atoms with Gasteiger partial charge in [-0.1, -0.05) is 41.9 Å². The minimum Gasteiger partial charge on any atom is -0.369 e. The molecule has 0 aromatic heterocycles. The Morgan fingerprint density at radius 1 is 1.17 bits per heavy atom. The molecule has 0 spiro atoms. The number of benzene rings is 2. The van der Waals surface area contributed by atoms with Gasteiger partial charge in [-0.2, -0.15) is 5.26 Å². The zero-order chi connectivity index (χ0) is 13.0. The predicted octanol–water partition coefficient (Wildman–Crippen LogP) is 3.85. The van der Waals surface area contributed by atoms with E-state index in [9.17, 15) is 0 Å². The van der Waals surface area contributed by atoms with Crippen LogP contribution in [0, 0.1) is 11.3 Å². The topological polar surface area (TPSA) is 27.0 Å². The molecular formula is C15H13ClN2. The van der Waals surface area contributed by atoms with Crippen molar-refractivity contribution in [2.45, 2.75) is 6.54 Å². The van der Waals surface area contributed by atoms with Gasteiger partial charge in [0.2, 0.25) is 0 Å². The Morgan fingerprint density at radius 3 is 2.56 bits per heavy atom. The molecule has 0 aliphatic carbocycles. The van der Waals surface area contributed by atoms with E-state index in [0.717, 1.165) is 12.2 Å². The van der Waals surface area contributed by atoms with Crippen LogP contribution in [-0.2, 0) is 6.54 Å². The van der Waals surface area contributed by atoms with E-state index in [0.29, 0.717) is 10.6 Å². The molecule has 0 saturated heterocycles. The lowest BCUT2D eigenvalue weighted by molar-refractivity contribution is 0.921. The molecular weight excluding hydrogens is 244 g/mol. The van der Waals surface area contributed by atoms with E-state index in [1.54, 1.807) is 12.1 Å². The summed E-state index contributed by atoms with van der Waals surface area (Å²) in [6, 6.07) is 17.6. The third-order valence-corrected chi connectivity index (χ3v) is 2.99. The number of hydrogen-bond donors (Lipinski definition) is 0. The van der Waals surface area contributed by atoms with Gasteiger partial charge in [-0.25, -0.2) is 0 Å². The maximum Gasteiger partial charge on any atom is 0.101 e. The van der Waals surface area contributed by atoms with Crippen molar-refractivity contribution in [2.24, 2.45) is 0 Å². The minimum absolute atomic E-state index is 0.637. The van der Waals surface area contributed by atoms with Gasteiger partial charge in [0.15, 0.2) is 0 Å². The van der Waals surface area contributed by atoms with E-state index < -0.39 is 0 Å². The van der Waals surface area contributed by atoms with E-state index in [-0.39, 0.29) is 0 Å². The van der Waals surface area contributed by atoms with Crippen molar-refractivity contribution in [3.05, 3.63) is 64.7 Å². The van der Waals surface area contributed by atoms with Gasteiger partial charge in [0.1, 0.15) is 6.07 Å². The molecule has 0 N–H and O–H groups in total. The molecule has 2 aromatic rings. The van der Waals surface area contributed by atoms with Crippen molar-refractivity contribution >= 4 is 17.3 Å². The molecule has 2 nitrogen and oxygen atoms in total. The highest BCUT2D eigenvalue weighted by atomic mass is 35.5. The summed E-state index contributed by atoms with van der Waals surface area (Å²) in [4.78, 5) is 2.03. The van der Waals surface area contributed by atoms with E-state index in [4.69, 9.17) is 16.9 Å². The number of halogens is 1. The molecule has 2 rings (SSSR count). The highest BCUT2D eigenvalue weighted by molar-refractivity contribution is 6.30. The number of rotatable bonds is 3. The molecule has 90 valence electrons. The second-order valence-corrected chi connectivity index (χ2v) is 4.55. The number of anilines is 1. The fourth-order valence-corrected chi connectivity index (χ4v) is 2.02. The third-order valence-electron chi connectivity index (χ3n) is 2.75. The van der Waals surface area contributed by atoms with E-state index in [2.05, 4.69) is 18.2 Å². The molecule has 0 unspecified atom stereocenters. The summed E-state index contributed by atoms with van der Waals surface area (Å²) in [7, 11) is 1.96. The van der Waals surface area contributed by atoms with Crippen molar-refractivity contribution in [2.75, 3.05) is 11.9 Å². The monoisotopic (exact) mass is 256 g/mol. The molecule has 0 radical (unpaired) electrons. The molecule has 0 aliphatic rings. The van der Waals surface area contributed by atoms with Gasteiger partial charge in [-0.3, -0.25) is 0 Å². The Hall–Kier alpha value is -1.98. The van der Waals surface area contributed by atoms with Gasteiger partial charge in [-0.15, -0.1) is 0 Å². The minimum atomic E-state index is 0.637. The molecule has 18 heavy (non-hydrogen) atoms. The van der Waals surface area contributed by atoms with Crippen LogP contribution in [-0.4, -0.2) is 7.05 Å². The summed E-state index contributed by atoms with van der Waals surface area (Å²) in [5, 5.41) is 9.75. The first-order chi connectivity index (χ1) is 8.70. The molecule has 0 saturated carbocycles. The standard InChI is InChI=1S/C15H13ClN2/c1-18(11-12-5-3-2-4-6-12)15-9-14(16)8-7-13(15)10-17/h2-9H,11H2,1H3. The van der Waals surface area contributed by atoms with Crippen molar-refractivity contribution in [3.63, 3.8) is 0 Å². The maximum atomic E-state index is 9.10. The molecule has 0 fully saturated rings. The number of hydrogen-bond acceptors (Lipinski definition) is 2. The van der Waals surface area contributed by atoms with Crippen molar-refractivity contribution in [3.8, 4) is 6.07 Å². The van der Waals surface area contributed by atoms with E-state index in [1.165, 1.54) is 5.56 Å². The second-order valence-electron chi connectivity index (χ2n) is 4.11. The van der Waals surface area contributed by atoms with Gasteiger partial charge in [0.25, 0.3) is 0 Å². The first kappa shape index (κ1) is 12.5. The Bertz CT molecular complexity index is 573. The van der Waals surface area contributed by atoms with Crippen LogP contribution in [0.3, 0.4) is 0 Å². The summed E-state index contributed by atoms with van der Waals surface area (Å²) in [6.45, 7) is 0.746. The smallest absolute Gasteiger partial charge is 0.101 e. The molecule has 0 atom stereocenters. The first-order valence-electron chi connectivity index (χ1n) is 5.65. The summed E-state index contributed by atoms with van der Waals surface area (Å²) >= 11 is 5.98. The second kappa shape index (κ2) is 5.57. The predicted molar refractivity (Wildman–Crippen MR) is 74.7 cm³/mol. The largest absolute Gasteiger partial charge is 0.369 e. The zero-order valence-corrected chi connectivity index (χ0v) is 10.9. The zero-order valence-electron chi connectivity index (χ0n) is 10.1. The normalized spacial score (nSPS) is 9.83. The SMILES string of the molecule is CN(Cc1ccccc1)c1cc(Cl)ccc1C#N. The molecule has 3 heteroatoms. The summed E-state index contributed by atoms with van der Waals surface area (Å²) in [6.07, 6.45) is 0. The van der Waals surface area contributed by atoms with Crippen molar-refractivity contribution in [1.29, 1.82) is 5.26 Å². The van der Waals surface area contributed by atoms with E-state index in [1.807, 2.05) is 36.2 Å². The lowest BCUT2D eigenvalue weighted by atomic mass is 10.1. The Kier molecular flexibility index (Phi) is 3.86. The molecule has 0 heterocycles. The number of nitrogens with zero attached hydrogens (tertiary/aromatic N) is 2. The third kappa shape index (κ3) is 2.82. The van der Waals surface area contributed by atoms with Crippen molar-refractivity contribution in [1.82, 2.24) is 0 Å². The lowest BCUT2D eigenvalue weighted by Crippen LogP contribution is -2.17. The highest BCUT2D eigenvalue weighted by Gasteiger charge is 2.08. The molecule has 0 aliphatic heterocycles. The Morgan fingerprint density at radius 2 is 1.89 bits per heavy atom. The fraction of sp³-hybridized carbons (Fsp3) is 0.133. The molecule has 0 amide bonds. The molecule has 0 bridgehead atoms. The van der Waals surface area contributed by atoms with Crippen LogP contribution in [0.15, 0.2) is 48.5 Å². The quantitative estimate of drug-likeness (QED) is 0.834. The average molecular weight is 257 g/mol. The van der Waals surface area contributed by atoms with Crippen LogP contribution < -0.4 is 4.90 Å². The Balaban J connectivity index is 2.26. The molecule has 2 aromatic carbocycles. The number of nitriles is 1. The van der Waals surface area contributed by atoms with Crippen LogP contribution in [0.4, 0.5) is 5.69 Å². The van der Waals surface area contributed by atoms with Crippen LogP contribution in [0.2, 0.25) is 5.02 Å². The average Bonchev–Trinajstić information content (AvgIpc) is 2.40. The first-order valence-corrected chi connectivity index (χ1v) is 6.03. The van der Waals surface area contributed by atoms with Gasteiger partial charge in [0.05, 0.1) is 11.3 Å². The van der Waals surface area contributed by atoms with Crippen LogP contribution in [0.1, 0.15) is 11.1 Å². The van der Waals surface area contributed by atoms with Crippen LogP contribution in [0.5, 0.6) is 0 Å². The summed E-state index contributed by atoms with van der Waals surface area (Å²) < 4.78 is 0. The highest BCUT2D eigenvalue weighted by Crippen LogP contribution is 2.24. The maximum absolute atomic E-state index is 9.10. The van der Waals surface area contributed by atoms with Crippen LogP contribution in [0.25, 0.3) is 0 Å². The summed E-state index contributed by atoms with van der Waals surface area (Å²) in [5.41, 5.74) is 2.69. The van der Waals surface area contributed by atoms with Gasteiger partial charge < -0.3 is 4.90 Å². The van der Waals surface area contributed by atoms with Gasteiger partial charge in [0, 0.05) is 18.6 Å². The fourth-order valence-electron chi connectivity index (χ4n) is 1.86. The van der Waals surface area contributed by atoms with Gasteiger partial charge in [-0.05, 0) is 23.8 Å². The summed E-state index contributed by atoms with van der Waals surface area (Å²) in [5.74, 6) is 0. The van der Waals surface area contributed by atoms with Crippen LogP contribution >= 0.6 is 11.6 Å². The van der Waals surface area contributed by atoms with Gasteiger partial charge >= 0.3 is 0 Å². The van der Waals surface area contributed by atoms with E-state index >= 15 is 0 Å². The lowest BCUT2D eigenvalue weighted by Gasteiger charge is -2.20. The van der Waals surface area contributed by atoms with Crippen molar-refractivity contribution < 1.29 is 0 Å². The Labute approximate surface area is 112 Å².